The number of aromatic nitrogens is 2. The molecule has 0 radical (unpaired) electrons. The topological polar surface area (TPSA) is 102 Å². The Morgan fingerprint density at radius 1 is 1.23 bits per heavy atom. The number of aromatic amines is 1. The molecule has 0 aromatic carbocycles. The van der Waals surface area contributed by atoms with Crippen LogP contribution in [0.25, 0.3) is 11.1 Å². The quantitative estimate of drug-likeness (QED) is 0.521. The van der Waals surface area contributed by atoms with Crippen LogP contribution < -0.4 is 21.5 Å². The Morgan fingerprint density at radius 3 is 2.67 bits per heavy atom. The molecule has 0 unspecified atom stereocenters. The molecular weight excluding hydrogens is 380 g/mol. The fourth-order valence-corrected chi connectivity index (χ4v) is 3.04. The molecule has 0 spiro atoms. The molecule has 3 heterocycles. The van der Waals surface area contributed by atoms with E-state index in [1.54, 1.807) is 18.5 Å². The van der Waals surface area contributed by atoms with Crippen LogP contribution in [0.1, 0.15) is 19.8 Å². The van der Waals surface area contributed by atoms with Crippen LogP contribution in [0.3, 0.4) is 0 Å². The lowest BCUT2D eigenvalue weighted by Gasteiger charge is -2.11. The molecule has 1 fully saturated rings. The Balaban J connectivity index is 0.000000232. The van der Waals surface area contributed by atoms with Gasteiger partial charge in [0.2, 0.25) is 5.91 Å². The number of nitrogens with one attached hydrogen (secondary N) is 4. The summed E-state index contributed by atoms with van der Waals surface area (Å²) < 4.78 is 0. The fourth-order valence-electron chi connectivity index (χ4n) is 3.04. The number of likely N-dealkylation sites (tertiary alicyclic amines) is 1. The number of hydrogen-bond acceptors (Lipinski definition) is 6. The maximum absolute atomic E-state index is 11.6. The molecule has 8 heteroatoms. The highest BCUT2D eigenvalue weighted by Crippen LogP contribution is 2.21. The molecule has 0 bridgehead atoms. The van der Waals surface area contributed by atoms with Gasteiger partial charge in [-0.25, -0.2) is 4.98 Å². The van der Waals surface area contributed by atoms with E-state index in [0.717, 1.165) is 49.4 Å². The van der Waals surface area contributed by atoms with Crippen molar-refractivity contribution in [3.05, 3.63) is 53.1 Å². The maximum Gasteiger partial charge on any atom is 0.271 e. The van der Waals surface area contributed by atoms with Gasteiger partial charge in [0.05, 0.1) is 0 Å². The first kappa shape index (κ1) is 23.2. The van der Waals surface area contributed by atoms with Crippen LogP contribution in [-0.4, -0.2) is 61.0 Å². The second kappa shape index (κ2) is 12.4. The summed E-state index contributed by atoms with van der Waals surface area (Å²) in [5.74, 6) is 0.950. The first-order valence-electron chi connectivity index (χ1n) is 10.3. The Labute approximate surface area is 177 Å². The minimum atomic E-state index is -0.108. The molecule has 0 aliphatic carbocycles. The van der Waals surface area contributed by atoms with E-state index >= 15 is 0 Å². The first-order valence-corrected chi connectivity index (χ1v) is 10.3. The molecule has 1 aliphatic rings. The number of carbonyl (C=O) groups is 1. The molecular formula is C22H32N6O2. The number of carbonyl (C=O) groups excluding carboxylic acids is 1. The Kier molecular flexibility index (Phi) is 9.60. The van der Waals surface area contributed by atoms with Crippen LogP contribution >= 0.6 is 0 Å². The van der Waals surface area contributed by atoms with Crippen LogP contribution in [0, 0.1) is 0 Å². The van der Waals surface area contributed by atoms with Gasteiger partial charge in [-0.05, 0) is 50.6 Å². The van der Waals surface area contributed by atoms with E-state index in [1.165, 1.54) is 0 Å². The SMILES string of the molecule is CCNc1cc(-c2ccnc(NC)c2)c[nH]c1=O.CNC/C=C/C(=O)N1CCCC1. The minimum absolute atomic E-state index is 0.108. The summed E-state index contributed by atoms with van der Waals surface area (Å²) in [5, 5.41) is 8.99. The van der Waals surface area contributed by atoms with Gasteiger partial charge in [0, 0.05) is 57.3 Å². The van der Waals surface area contributed by atoms with Gasteiger partial charge in [-0.3, -0.25) is 9.59 Å². The number of nitrogens with zero attached hydrogens (tertiary/aromatic N) is 2. The largest absolute Gasteiger partial charge is 0.381 e. The summed E-state index contributed by atoms with van der Waals surface area (Å²) in [5.41, 5.74) is 2.43. The van der Waals surface area contributed by atoms with E-state index in [4.69, 9.17) is 0 Å². The number of hydrogen-bond donors (Lipinski definition) is 4. The number of amides is 1. The van der Waals surface area contributed by atoms with Gasteiger partial charge in [0.15, 0.2) is 0 Å². The zero-order valence-electron chi connectivity index (χ0n) is 18.0. The Bertz CT molecular complexity index is 887. The normalized spacial score (nSPS) is 13.1. The van der Waals surface area contributed by atoms with Crippen molar-refractivity contribution in [1.82, 2.24) is 20.2 Å². The lowest BCUT2D eigenvalue weighted by atomic mass is 10.1. The first-order chi connectivity index (χ1) is 14.6. The zero-order chi connectivity index (χ0) is 21.8. The summed E-state index contributed by atoms with van der Waals surface area (Å²) in [7, 11) is 3.69. The van der Waals surface area contributed by atoms with Crippen molar-refractivity contribution >= 4 is 17.4 Å². The number of anilines is 2. The van der Waals surface area contributed by atoms with Crippen molar-refractivity contribution < 1.29 is 4.79 Å². The van der Waals surface area contributed by atoms with Gasteiger partial charge in [-0.2, -0.15) is 0 Å². The van der Waals surface area contributed by atoms with Crippen molar-refractivity contribution in [3.8, 4) is 11.1 Å². The monoisotopic (exact) mass is 412 g/mol. The molecule has 3 rings (SSSR count). The molecule has 0 atom stereocenters. The Hall–Kier alpha value is -3.13. The van der Waals surface area contributed by atoms with Crippen LogP contribution in [0.5, 0.6) is 0 Å². The van der Waals surface area contributed by atoms with E-state index < -0.39 is 0 Å². The molecule has 8 nitrogen and oxygen atoms in total. The molecule has 30 heavy (non-hydrogen) atoms. The van der Waals surface area contributed by atoms with Crippen LogP contribution in [-0.2, 0) is 4.79 Å². The van der Waals surface area contributed by atoms with Crippen molar-refractivity contribution in [2.75, 3.05) is 50.9 Å². The van der Waals surface area contributed by atoms with Gasteiger partial charge in [0.25, 0.3) is 5.56 Å². The zero-order valence-corrected chi connectivity index (χ0v) is 18.0. The smallest absolute Gasteiger partial charge is 0.271 e. The average molecular weight is 413 g/mol. The summed E-state index contributed by atoms with van der Waals surface area (Å²) in [6.45, 7) is 5.30. The molecule has 1 amide bonds. The predicted octanol–water partition coefficient (Wildman–Crippen LogP) is 2.29. The standard InChI is InChI=1S/C13H16N4O.C9H16N2O/c1-3-15-11-6-10(8-17-13(11)18)9-4-5-16-12(7-9)14-2;1-10-6-4-5-9(12)11-7-2-3-8-11/h4-8,15H,3H2,1-2H3,(H,14,16)(H,17,18);4-5,10H,2-3,6-8H2,1H3/b;5-4+. The molecule has 162 valence electrons. The van der Waals surface area contributed by atoms with E-state index in [-0.39, 0.29) is 11.5 Å². The molecule has 4 N–H and O–H groups in total. The Morgan fingerprint density at radius 2 is 2.00 bits per heavy atom. The predicted molar refractivity (Wildman–Crippen MR) is 123 cm³/mol. The molecule has 2 aromatic heterocycles. The number of H-pyrrole nitrogens is 1. The van der Waals surface area contributed by atoms with Gasteiger partial charge in [0.1, 0.15) is 11.5 Å². The van der Waals surface area contributed by atoms with Crippen molar-refractivity contribution in [3.63, 3.8) is 0 Å². The molecule has 2 aromatic rings. The third kappa shape index (κ3) is 7.04. The van der Waals surface area contributed by atoms with Gasteiger partial charge >= 0.3 is 0 Å². The minimum Gasteiger partial charge on any atom is -0.381 e. The van der Waals surface area contributed by atoms with Gasteiger partial charge < -0.3 is 25.8 Å². The molecule has 1 aliphatic heterocycles. The van der Waals surface area contributed by atoms with Gasteiger partial charge in [-0.15, -0.1) is 0 Å². The average Bonchev–Trinajstić information content (AvgIpc) is 3.31. The summed E-state index contributed by atoms with van der Waals surface area (Å²) >= 11 is 0. The summed E-state index contributed by atoms with van der Waals surface area (Å²) in [4.78, 5) is 31.7. The highest BCUT2D eigenvalue weighted by Gasteiger charge is 2.14. The van der Waals surface area contributed by atoms with E-state index in [0.29, 0.717) is 12.2 Å². The second-order valence-corrected chi connectivity index (χ2v) is 6.83. The van der Waals surface area contributed by atoms with E-state index in [1.807, 2.05) is 50.2 Å². The van der Waals surface area contributed by atoms with Crippen LogP contribution in [0.15, 0.2) is 47.5 Å². The highest BCUT2D eigenvalue weighted by atomic mass is 16.2. The van der Waals surface area contributed by atoms with Crippen molar-refractivity contribution in [1.29, 1.82) is 0 Å². The number of likely N-dealkylation sites (N-methyl/N-ethyl adjacent to an activating group) is 1. The summed E-state index contributed by atoms with van der Waals surface area (Å²) in [6, 6.07) is 5.69. The third-order valence-electron chi connectivity index (χ3n) is 4.62. The van der Waals surface area contributed by atoms with E-state index in [9.17, 15) is 9.59 Å². The number of rotatable bonds is 7. The fraction of sp³-hybridized carbons (Fsp3) is 0.409. The highest BCUT2D eigenvalue weighted by molar-refractivity contribution is 5.87. The van der Waals surface area contributed by atoms with Gasteiger partial charge in [-0.1, -0.05) is 6.08 Å². The van der Waals surface area contributed by atoms with E-state index in [2.05, 4.69) is 25.9 Å². The van der Waals surface area contributed by atoms with Crippen molar-refractivity contribution in [2.24, 2.45) is 0 Å². The van der Waals surface area contributed by atoms with Crippen LogP contribution in [0.2, 0.25) is 0 Å². The number of pyridine rings is 2. The van der Waals surface area contributed by atoms with Crippen LogP contribution in [0.4, 0.5) is 11.5 Å². The lowest BCUT2D eigenvalue weighted by Crippen LogP contribution is -2.25. The molecule has 1 saturated heterocycles. The lowest BCUT2D eigenvalue weighted by molar-refractivity contribution is -0.125. The summed E-state index contributed by atoms with van der Waals surface area (Å²) in [6.07, 6.45) is 9.27. The molecule has 0 saturated carbocycles. The maximum atomic E-state index is 11.6. The second-order valence-electron chi connectivity index (χ2n) is 6.83. The third-order valence-corrected chi connectivity index (χ3v) is 4.62. The van der Waals surface area contributed by atoms with Crippen molar-refractivity contribution in [2.45, 2.75) is 19.8 Å².